The first kappa shape index (κ1) is 9.07. The molecule has 0 spiro atoms. The molecule has 1 aromatic carbocycles. The number of rotatable bonds is 4. The molecule has 1 radical (unpaired) electrons. The molecule has 65 valence electrons. The summed E-state index contributed by atoms with van der Waals surface area (Å²) in [6, 6.07) is 9.52. The van der Waals surface area contributed by atoms with Gasteiger partial charge in [-0.2, -0.15) is 0 Å². The summed E-state index contributed by atoms with van der Waals surface area (Å²) in [6.45, 7) is 5.26. The fourth-order valence-corrected chi connectivity index (χ4v) is 0.694. The Morgan fingerprint density at radius 1 is 1.17 bits per heavy atom. The molecule has 2 nitrogen and oxygen atoms in total. The van der Waals surface area contributed by atoms with Crippen molar-refractivity contribution in [1.82, 2.24) is 0 Å². The smallest absolute Gasteiger partial charge is 0.263 e. The lowest BCUT2D eigenvalue weighted by molar-refractivity contribution is 0.0500. The lowest BCUT2D eigenvalue weighted by atomic mass is 10.3. The number of ether oxygens (including phenoxy) is 2. The van der Waals surface area contributed by atoms with Gasteiger partial charge >= 0.3 is 0 Å². The fourth-order valence-electron chi connectivity index (χ4n) is 0.694. The molecule has 12 heavy (non-hydrogen) atoms. The first-order valence-electron chi connectivity index (χ1n) is 3.98. The van der Waals surface area contributed by atoms with Crippen molar-refractivity contribution < 1.29 is 9.47 Å². The van der Waals surface area contributed by atoms with E-state index < -0.39 is 0 Å². The first-order valence-corrected chi connectivity index (χ1v) is 3.98. The van der Waals surface area contributed by atoms with E-state index in [1.54, 1.807) is 0 Å². The van der Waals surface area contributed by atoms with E-state index in [9.17, 15) is 0 Å². The molecule has 0 bridgehead atoms. The van der Waals surface area contributed by atoms with Crippen LogP contribution in [0.15, 0.2) is 30.3 Å². The van der Waals surface area contributed by atoms with Gasteiger partial charge in [-0.05, 0) is 26.0 Å². The largest absolute Gasteiger partial charge is 0.458 e. The van der Waals surface area contributed by atoms with Gasteiger partial charge in [0.25, 0.3) is 6.79 Å². The van der Waals surface area contributed by atoms with Crippen molar-refractivity contribution in [2.75, 3.05) is 0 Å². The maximum Gasteiger partial charge on any atom is 0.263 e. The van der Waals surface area contributed by atoms with Gasteiger partial charge < -0.3 is 9.47 Å². The van der Waals surface area contributed by atoms with Crippen LogP contribution in [0.1, 0.15) is 13.8 Å². The highest BCUT2D eigenvalue weighted by Gasteiger charge is 1.94. The summed E-state index contributed by atoms with van der Waals surface area (Å²) in [5.41, 5.74) is 0. The third-order valence-corrected chi connectivity index (χ3v) is 1.26. The SMILES string of the molecule is CC(C)O[CH]Oc1ccccc1. The molecule has 0 fully saturated rings. The van der Waals surface area contributed by atoms with Crippen molar-refractivity contribution in [1.29, 1.82) is 0 Å². The Labute approximate surface area is 73.1 Å². The number of hydrogen-bond donors (Lipinski definition) is 0. The van der Waals surface area contributed by atoms with E-state index in [0.29, 0.717) is 0 Å². The standard InChI is InChI=1S/C10H13O2/c1-9(2)11-8-12-10-6-4-3-5-7-10/h3-9H,1-2H3. The zero-order valence-electron chi connectivity index (χ0n) is 7.36. The molecule has 0 N–H and O–H groups in total. The van der Waals surface area contributed by atoms with Crippen molar-refractivity contribution in [3.63, 3.8) is 0 Å². The minimum atomic E-state index is 0.161. The Balaban J connectivity index is 2.25. The summed E-state index contributed by atoms with van der Waals surface area (Å²) in [6.07, 6.45) is 0.161. The molecule has 0 unspecified atom stereocenters. The minimum Gasteiger partial charge on any atom is -0.458 e. The Morgan fingerprint density at radius 3 is 2.42 bits per heavy atom. The summed E-state index contributed by atoms with van der Waals surface area (Å²) in [7, 11) is 0. The molecule has 1 rings (SSSR count). The van der Waals surface area contributed by atoms with Gasteiger partial charge in [-0.3, -0.25) is 0 Å². The van der Waals surface area contributed by atoms with Gasteiger partial charge in [0, 0.05) is 0 Å². The van der Waals surface area contributed by atoms with Crippen molar-refractivity contribution in [2.24, 2.45) is 0 Å². The topological polar surface area (TPSA) is 18.5 Å². The van der Waals surface area contributed by atoms with Gasteiger partial charge in [0.15, 0.2) is 0 Å². The highest BCUT2D eigenvalue weighted by atomic mass is 16.7. The fraction of sp³-hybridized carbons (Fsp3) is 0.300. The molecule has 0 atom stereocenters. The van der Waals surface area contributed by atoms with Crippen molar-refractivity contribution in [3.8, 4) is 5.75 Å². The Hall–Kier alpha value is -1.02. The Morgan fingerprint density at radius 2 is 1.83 bits per heavy atom. The van der Waals surface area contributed by atoms with Crippen LogP contribution in [0.3, 0.4) is 0 Å². The van der Waals surface area contributed by atoms with Crippen LogP contribution >= 0.6 is 0 Å². The molecule has 0 amide bonds. The van der Waals surface area contributed by atoms with Crippen molar-refractivity contribution in [3.05, 3.63) is 37.1 Å². The highest BCUT2D eigenvalue weighted by molar-refractivity contribution is 5.21. The van der Waals surface area contributed by atoms with Crippen molar-refractivity contribution in [2.45, 2.75) is 20.0 Å². The van der Waals surface area contributed by atoms with E-state index in [1.807, 2.05) is 44.2 Å². The van der Waals surface area contributed by atoms with Crippen LogP contribution in [0.5, 0.6) is 5.75 Å². The maximum atomic E-state index is 5.17. The van der Waals surface area contributed by atoms with Crippen LogP contribution < -0.4 is 4.74 Å². The van der Waals surface area contributed by atoms with E-state index in [4.69, 9.17) is 9.47 Å². The van der Waals surface area contributed by atoms with Crippen LogP contribution in [0.2, 0.25) is 0 Å². The molecular formula is C10H13O2. The van der Waals surface area contributed by atoms with Crippen LogP contribution in [0.4, 0.5) is 0 Å². The molecule has 1 aromatic rings. The van der Waals surface area contributed by atoms with E-state index in [0.717, 1.165) is 5.75 Å². The van der Waals surface area contributed by atoms with E-state index in [1.165, 1.54) is 6.79 Å². The second-order valence-electron chi connectivity index (χ2n) is 2.71. The lowest BCUT2D eigenvalue weighted by Crippen LogP contribution is -2.03. The predicted molar refractivity (Wildman–Crippen MR) is 47.6 cm³/mol. The van der Waals surface area contributed by atoms with E-state index in [-0.39, 0.29) is 6.10 Å². The van der Waals surface area contributed by atoms with Crippen molar-refractivity contribution >= 4 is 0 Å². The van der Waals surface area contributed by atoms with Gasteiger partial charge in [0.1, 0.15) is 5.75 Å². The maximum absolute atomic E-state index is 5.17. The highest BCUT2D eigenvalue weighted by Crippen LogP contribution is 2.09. The molecule has 0 saturated carbocycles. The van der Waals surface area contributed by atoms with Gasteiger partial charge in [-0.15, -0.1) is 0 Å². The molecular weight excluding hydrogens is 152 g/mol. The second kappa shape index (κ2) is 4.78. The average molecular weight is 165 g/mol. The monoisotopic (exact) mass is 165 g/mol. The predicted octanol–water partition coefficient (Wildman–Crippen LogP) is 2.61. The summed E-state index contributed by atoms with van der Waals surface area (Å²) in [4.78, 5) is 0. The molecule has 0 aliphatic carbocycles. The summed E-state index contributed by atoms with van der Waals surface area (Å²) in [5.74, 6) is 0.790. The first-order chi connectivity index (χ1) is 5.79. The van der Waals surface area contributed by atoms with Gasteiger partial charge in [0.05, 0.1) is 6.10 Å². The Kier molecular flexibility index (Phi) is 3.61. The summed E-state index contributed by atoms with van der Waals surface area (Å²) >= 11 is 0. The molecule has 2 heteroatoms. The molecule has 0 saturated heterocycles. The van der Waals surface area contributed by atoms with E-state index in [2.05, 4.69) is 0 Å². The van der Waals surface area contributed by atoms with E-state index >= 15 is 0 Å². The quantitative estimate of drug-likeness (QED) is 0.682. The molecule has 0 aromatic heterocycles. The van der Waals surface area contributed by atoms with Crippen LogP contribution in [-0.4, -0.2) is 6.10 Å². The Bertz CT molecular complexity index is 206. The third-order valence-electron chi connectivity index (χ3n) is 1.26. The van der Waals surface area contributed by atoms with Crippen LogP contribution in [0.25, 0.3) is 0 Å². The number of para-hydroxylation sites is 1. The van der Waals surface area contributed by atoms with Gasteiger partial charge in [-0.25, -0.2) is 0 Å². The molecule has 0 aliphatic heterocycles. The summed E-state index contributed by atoms with van der Waals surface area (Å²) < 4.78 is 10.3. The van der Waals surface area contributed by atoms with Gasteiger partial charge in [-0.1, -0.05) is 18.2 Å². The average Bonchev–Trinajstić information content (AvgIpc) is 2.05. The van der Waals surface area contributed by atoms with Crippen LogP contribution in [-0.2, 0) is 4.74 Å². The number of benzene rings is 1. The molecule has 0 heterocycles. The zero-order chi connectivity index (χ0) is 8.81. The molecule has 0 aliphatic rings. The summed E-state index contributed by atoms with van der Waals surface area (Å²) in [5, 5.41) is 0. The normalized spacial score (nSPS) is 10.2. The lowest BCUT2D eigenvalue weighted by Gasteiger charge is -2.07. The van der Waals surface area contributed by atoms with Crippen LogP contribution in [0, 0.1) is 6.79 Å². The number of hydrogen-bond acceptors (Lipinski definition) is 2. The zero-order valence-corrected chi connectivity index (χ0v) is 7.36. The minimum absolute atomic E-state index is 0.161. The van der Waals surface area contributed by atoms with Gasteiger partial charge in [0.2, 0.25) is 0 Å². The third kappa shape index (κ3) is 3.39. The second-order valence-corrected chi connectivity index (χ2v) is 2.71.